The molecule has 0 spiro atoms. The minimum Gasteiger partial charge on any atom is -0.456 e. The summed E-state index contributed by atoms with van der Waals surface area (Å²) in [5.74, 6) is 0. The summed E-state index contributed by atoms with van der Waals surface area (Å²) in [6, 6.07) is 48.1. The van der Waals surface area contributed by atoms with Gasteiger partial charge in [0.2, 0.25) is 0 Å². The Labute approximate surface area is 257 Å². The third kappa shape index (κ3) is 4.17. The van der Waals surface area contributed by atoms with E-state index in [1.807, 2.05) is 19.1 Å². The molecule has 0 amide bonds. The van der Waals surface area contributed by atoms with Crippen LogP contribution in [0.4, 0.5) is 0 Å². The van der Waals surface area contributed by atoms with Gasteiger partial charge in [0.15, 0.2) is 0 Å². The molecule has 0 radical (unpaired) electrons. The summed E-state index contributed by atoms with van der Waals surface area (Å²) in [7, 11) is 0. The van der Waals surface area contributed by atoms with Gasteiger partial charge in [-0.3, -0.25) is 0 Å². The fourth-order valence-electron chi connectivity index (χ4n) is 6.73. The van der Waals surface area contributed by atoms with Crippen LogP contribution in [-0.4, -0.2) is 0 Å². The van der Waals surface area contributed by atoms with E-state index in [1.54, 1.807) is 0 Å². The Morgan fingerprint density at radius 1 is 0.455 bits per heavy atom. The number of hydrogen-bond acceptors (Lipinski definition) is 1. The van der Waals surface area contributed by atoms with E-state index >= 15 is 0 Å². The highest BCUT2D eigenvalue weighted by atomic mass is 16.3. The van der Waals surface area contributed by atoms with Crippen LogP contribution < -0.4 is 0 Å². The van der Waals surface area contributed by atoms with Crippen LogP contribution in [0.3, 0.4) is 0 Å². The fourth-order valence-corrected chi connectivity index (χ4v) is 6.73. The molecule has 0 aliphatic heterocycles. The predicted octanol–water partition coefficient (Wildman–Crippen LogP) is 12.6. The molecule has 0 aliphatic carbocycles. The number of furan rings is 1. The van der Waals surface area contributed by atoms with Crippen LogP contribution in [0.25, 0.3) is 89.0 Å². The first kappa shape index (κ1) is 26.0. The quantitative estimate of drug-likeness (QED) is 0.190. The second kappa shape index (κ2) is 10.6. The van der Waals surface area contributed by atoms with E-state index in [4.69, 9.17) is 4.42 Å². The molecule has 0 atom stereocenters. The van der Waals surface area contributed by atoms with Gasteiger partial charge in [0.25, 0.3) is 0 Å². The first-order valence-electron chi connectivity index (χ1n) is 15.1. The molecule has 0 bridgehead atoms. The van der Waals surface area contributed by atoms with Crippen molar-refractivity contribution in [2.75, 3.05) is 0 Å². The van der Waals surface area contributed by atoms with E-state index in [0.29, 0.717) is 0 Å². The average molecular weight is 563 g/mol. The number of benzene rings is 7. The van der Waals surface area contributed by atoms with Gasteiger partial charge in [0.05, 0.1) is 0 Å². The largest absolute Gasteiger partial charge is 0.456 e. The van der Waals surface area contributed by atoms with Crippen LogP contribution in [0, 0.1) is 0 Å². The lowest BCUT2D eigenvalue weighted by Gasteiger charge is -2.19. The van der Waals surface area contributed by atoms with Crippen molar-refractivity contribution in [3.05, 3.63) is 157 Å². The molecule has 0 unspecified atom stereocenters. The Bertz CT molecular complexity index is 2390. The molecule has 8 aromatic rings. The molecule has 0 aliphatic rings. The second-order valence-electron chi connectivity index (χ2n) is 11.3. The van der Waals surface area contributed by atoms with Gasteiger partial charge in [0, 0.05) is 10.8 Å². The topological polar surface area (TPSA) is 13.1 Å². The van der Waals surface area contributed by atoms with Gasteiger partial charge in [-0.1, -0.05) is 128 Å². The molecule has 0 saturated carbocycles. The van der Waals surface area contributed by atoms with Gasteiger partial charge >= 0.3 is 0 Å². The minimum atomic E-state index is 0.885. The van der Waals surface area contributed by atoms with Crippen molar-refractivity contribution >= 4 is 55.6 Å². The van der Waals surface area contributed by atoms with E-state index < -0.39 is 0 Å². The summed E-state index contributed by atoms with van der Waals surface area (Å²) in [5, 5.41) is 7.17. The fraction of sp³-hybridized carbons (Fsp3) is 0.0233. The number of rotatable bonds is 5. The molecule has 0 fully saturated rings. The zero-order chi connectivity index (χ0) is 29.6. The molecule has 0 N–H and O–H groups in total. The lowest BCUT2D eigenvalue weighted by molar-refractivity contribution is 0.669. The van der Waals surface area contributed by atoms with Gasteiger partial charge < -0.3 is 4.42 Å². The van der Waals surface area contributed by atoms with E-state index in [-0.39, 0.29) is 0 Å². The summed E-state index contributed by atoms with van der Waals surface area (Å²) < 4.78 is 6.39. The Morgan fingerprint density at radius 3 is 1.75 bits per heavy atom. The first-order chi connectivity index (χ1) is 21.7. The van der Waals surface area contributed by atoms with Gasteiger partial charge in [-0.15, -0.1) is 0 Å². The van der Waals surface area contributed by atoms with E-state index in [2.05, 4.69) is 146 Å². The molecule has 1 nitrogen and oxygen atoms in total. The summed E-state index contributed by atoms with van der Waals surface area (Å²) in [4.78, 5) is 0. The van der Waals surface area contributed by atoms with Crippen molar-refractivity contribution in [2.24, 2.45) is 0 Å². The highest BCUT2D eigenvalue weighted by molar-refractivity contribution is 6.22. The Hall–Kier alpha value is -5.66. The van der Waals surface area contributed by atoms with Crippen LogP contribution in [0.5, 0.6) is 0 Å². The lowest BCUT2D eigenvalue weighted by atomic mass is 9.84. The van der Waals surface area contributed by atoms with Crippen molar-refractivity contribution < 1.29 is 4.42 Å². The number of fused-ring (bicyclic) bond motifs is 5. The van der Waals surface area contributed by atoms with Crippen LogP contribution in [-0.2, 0) is 0 Å². The maximum atomic E-state index is 6.39. The van der Waals surface area contributed by atoms with E-state index in [0.717, 1.165) is 33.1 Å². The molecular formula is C43H30O. The highest BCUT2D eigenvalue weighted by Gasteiger charge is 2.19. The summed E-state index contributed by atoms with van der Waals surface area (Å²) >= 11 is 0. The number of allylic oxidation sites excluding steroid dienone is 1. The van der Waals surface area contributed by atoms with Gasteiger partial charge in [-0.05, 0) is 103 Å². The monoisotopic (exact) mass is 562 g/mol. The van der Waals surface area contributed by atoms with Gasteiger partial charge in [-0.2, -0.15) is 0 Å². The van der Waals surface area contributed by atoms with Crippen molar-refractivity contribution in [3.8, 4) is 33.4 Å². The summed E-state index contributed by atoms with van der Waals surface area (Å²) in [6.07, 6.45) is 6.08. The highest BCUT2D eigenvalue weighted by Crippen LogP contribution is 2.46. The molecule has 8 rings (SSSR count). The standard InChI is InChI=1S/C43H30O/c1-3-13-31-27-41-38(24-28(31)4-2)37-26-33(21-23-40(37)44-41)43-35-19-12-11-18-34(35)42(30-16-9-6-10-17-30)36-22-20-32(25-39(36)43)29-14-7-5-8-15-29/h3-27H,2H2,1H3/b13-3-. The zero-order valence-corrected chi connectivity index (χ0v) is 24.5. The Morgan fingerprint density at radius 2 is 1.05 bits per heavy atom. The van der Waals surface area contributed by atoms with Gasteiger partial charge in [0.1, 0.15) is 11.2 Å². The Kier molecular flexibility index (Phi) is 6.24. The maximum Gasteiger partial charge on any atom is 0.136 e. The van der Waals surface area contributed by atoms with Gasteiger partial charge in [-0.25, -0.2) is 0 Å². The maximum absolute atomic E-state index is 6.39. The first-order valence-corrected chi connectivity index (χ1v) is 15.1. The third-order valence-corrected chi connectivity index (χ3v) is 8.72. The summed E-state index contributed by atoms with van der Waals surface area (Å²) in [5.41, 5.74) is 11.3. The normalized spacial score (nSPS) is 11.8. The molecule has 208 valence electrons. The van der Waals surface area contributed by atoms with Crippen LogP contribution in [0.2, 0.25) is 0 Å². The van der Waals surface area contributed by atoms with Crippen molar-refractivity contribution in [1.29, 1.82) is 0 Å². The summed E-state index contributed by atoms with van der Waals surface area (Å²) in [6.45, 7) is 6.11. The molecule has 7 aromatic carbocycles. The van der Waals surface area contributed by atoms with E-state index in [1.165, 1.54) is 54.9 Å². The molecular weight excluding hydrogens is 532 g/mol. The molecule has 1 heterocycles. The second-order valence-corrected chi connectivity index (χ2v) is 11.3. The minimum absolute atomic E-state index is 0.885. The lowest BCUT2D eigenvalue weighted by Crippen LogP contribution is -1.91. The Balaban J connectivity index is 1.48. The van der Waals surface area contributed by atoms with Crippen molar-refractivity contribution in [3.63, 3.8) is 0 Å². The zero-order valence-electron chi connectivity index (χ0n) is 24.5. The third-order valence-electron chi connectivity index (χ3n) is 8.72. The van der Waals surface area contributed by atoms with Crippen LogP contribution in [0.15, 0.2) is 151 Å². The molecule has 44 heavy (non-hydrogen) atoms. The SMILES string of the molecule is C=Cc1cc2c(cc1/C=C\C)oc1ccc(-c3c4ccccc4c(-c4ccccc4)c4ccc(-c5ccccc5)cc34)cc12. The molecule has 1 heteroatoms. The average Bonchev–Trinajstić information content (AvgIpc) is 3.44. The molecule has 0 saturated heterocycles. The number of hydrogen-bond donors (Lipinski definition) is 0. The van der Waals surface area contributed by atoms with Crippen LogP contribution in [0.1, 0.15) is 18.1 Å². The van der Waals surface area contributed by atoms with E-state index in [9.17, 15) is 0 Å². The van der Waals surface area contributed by atoms with Crippen molar-refractivity contribution in [1.82, 2.24) is 0 Å². The smallest absolute Gasteiger partial charge is 0.136 e. The predicted molar refractivity (Wildman–Crippen MR) is 190 cm³/mol. The molecule has 1 aromatic heterocycles. The van der Waals surface area contributed by atoms with Crippen molar-refractivity contribution in [2.45, 2.75) is 6.92 Å². The van der Waals surface area contributed by atoms with Crippen LogP contribution >= 0.6 is 0 Å².